The van der Waals surface area contributed by atoms with Crippen molar-refractivity contribution in [3.63, 3.8) is 0 Å². The first-order chi connectivity index (χ1) is 8.66. The Kier molecular flexibility index (Phi) is 4.58. The zero-order valence-electron chi connectivity index (χ0n) is 12.4. The molecule has 0 bridgehead atoms. The van der Waals surface area contributed by atoms with Gasteiger partial charge in [-0.25, -0.2) is 0 Å². The second kappa shape index (κ2) is 5.46. The molecule has 0 radical (unpaired) electrons. The number of likely N-dealkylation sites (N-methyl/N-ethyl adjacent to an activating group) is 1. The van der Waals surface area contributed by atoms with Gasteiger partial charge in [-0.3, -0.25) is 14.9 Å². The molecule has 0 aromatic heterocycles. The van der Waals surface area contributed by atoms with Crippen LogP contribution in [0.2, 0.25) is 0 Å². The molecular weight excluding hydrogens is 248 g/mol. The molecule has 19 heavy (non-hydrogen) atoms. The summed E-state index contributed by atoms with van der Waals surface area (Å²) in [5, 5.41) is 13.0. The third-order valence-electron chi connectivity index (χ3n) is 4.22. The van der Waals surface area contributed by atoms with E-state index in [1.807, 2.05) is 20.8 Å². The Hall–Kier alpha value is -1.14. The number of aliphatic hydroxyl groups excluding tert-OH is 1. The van der Waals surface area contributed by atoms with Crippen LogP contribution >= 0.6 is 0 Å². The summed E-state index contributed by atoms with van der Waals surface area (Å²) in [6.07, 6.45) is -0.961. The fourth-order valence-electron chi connectivity index (χ4n) is 2.46. The summed E-state index contributed by atoms with van der Waals surface area (Å²) >= 11 is 0. The molecule has 110 valence electrons. The minimum Gasteiger partial charge on any atom is -0.469 e. The number of methoxy groups -OCH3 is 1. The fourth-order valence-corrected chi connectivity index (χ4v) is 2.46. The highest BCUT2D eigenvalue weighted by Gasteiger charge is 2.52. The number of carbonyl (C=O) groups is 2. The Bertz CT molecular complexity index is 370. The molecule has 0 aliphatic carbocycles. The average Bonchev–Trinajstić information content (AvgIpc) is 2.55. The number of hydrogen-bond donors (Lipinski definition) is 2. The van der Waals surface area contributed by atoms with E-state index in [0.29, 0.717) is 0 Å². The Balaban J connectivity index is 3.08. The van der Waals surface area contributed by atoms with Crippen molar-refractivity contribution in [3.05, 3.63) is 0 Å². The van der Waals surface area contributed by atoms with Crippen LogP contribution in [0.1, 0.15) is 27.7 Å². The van der Waals surface area contributed by atoms with Crippen molar-refractivity contribution < 1.29 is 19.4 Å². The Morgan fingerprint density at radius 3 is 2.32 bits per heavy atom. The molecule has 1 fully saturated rings. The lowest BCUT2D eigenvalue weighted by Crippen LogP contribution is -2.54. The van der Waals surface area contributed by atoms with E-state index in [1.165, 1.54) is 14.0 Å². The van der Waals surface area contributed by atoms with Crippen LogP contribution in [0.3, 0.4) is 0 Å². The second-order valence-corrected chi connectivity index (χ2v) is 5.61. The maximum atomic E-state index is 12.3. The van der Waals surface area contributed by atoms with E-state index in [-0.39, 0.29) is 11.8 Å². The van der Waals surface area contributed by atoms with Gasteiger partial charge in [0.1, 0.15) is 12.0 Å². The SMILES string of the molecule is COC(=O)[C@@H]([C@H](C)O)[C@H]1N[C@](C)(C(C)C)N(C)C1=O. The maximum Gasteiger partial charge on any atom is 0.313 e. The standard InChI is InChI=1S/C13H24N2O4/c1-7(2)13(4)14-10(11(17)15(13)5)9(8(3)16)12(18)19-6/h7-10,14,16H,1-6H3/t8-,9-,10+,13-/m0/s1. The number of aliphatic hydroxyl groups is 1. The summed E-state index contributed by atoms with van der Waals surface area (Å²) in [4.78, 5) is 25.7. The molecular formula is C13H24N2O4. The van der Waals surface area contributed by atoms with Gasteiger partial charge in [0.15, 0.2) is 0 Å². The summed E-state index contributed by atoms with van der Waals surface area (Å²) in [6, 6.07) is -0.759. The number of hydrogen-bond acceptors (Lipinski definition) is 5. The van der Waals surface area contributed by atoms with Crippen LogP contribution in [0.4, 0.5) is 0 Å². The minimum absolute atomic E-state index is 0.166. The van der Waals surface area contributed by atoms with Crippen molar-refractivity contribution in [2.45, 2.75) is 45.5 Å². The highest BCUT2D eigenvalue weighted by molar-refractivity contribution is 5.90. The van der Waals surface area contributed by atoms with E-state index in [9.17, 15) is 14.7 Å². The fraction of sp³-hybridized carbons (Fsp3) is 0.846. The summed E-state index contributed by atoms with van der Waals surface area (Å²) in [7, 11) is 2.95. The largest absolute Gasteiger partial charge is 0.469 e. The van der Waals surface area contributed by atoms with Gasteiger partial charge < -0.3 is 14.7 Å². The van der Waals surface area contributed by atoms with Crippen molar-refractivity contribution in [2.24, 2.45) is 11.8 Å². The van der Waals surface area contributed by atoms with E-state index in [4.69, 9.17) is 0 Å². The maximum absolute atomic E-state index is 12.3. The molecule has 1 amide bonds. The van der Waals surface area contributed by atoms with Gasteiger partial charge in [0, 0.05) is 7.05 Å². The number of nitrogens with one attached hydrogen (secondary N) is 1. The predicted molar refractivity (Wildman–Crippen MR) is 70.1 cm³/mol. The smallest absolute Gasteiger partial charge is 0.313 e. The van der Waals surface area contributed by atoms with E-state index in [2.05, 4.69) is 10.1 Å². The van der Waals surface area contributed by atoms with E-state index in [1.54, 1.807) is 11.9 Å². The van der Waals surface area contributed by atoms with E-state index in [0.717, 1.165) is 0 Å². The van der Waals surface area contributed by atoms with Crippen LogP contribution in [-0.2, 0) is 14.3 Å². The molecule has 0 saturated carbocycles. The first kappa shape index (κ1) is 15.9. The van der Waals surface area contributed by atoms with Crippen molar-refractivity contribution in [1.29, 1.82) is 0 Å². The topological polar surface area (TPSA) is 78.9 Å². The molecule has 1 saturated heterocycles. The van der Waals surface area contributed by atoms with Crippen molar-refractivity contribution in [1.82, 2.24) is 10.2 Å². The van der Waals surface area contributed by atoms with Crippen LogP contribution in [0.5, 0.6) is 0 Å². The summed E-state index contributed by atoms with van der Waals surface area (Å²) in [5.41, 5.74) is -0.539. The molecule has 1 rings (SSSR count). The van der Waals surface area contributed by atoms with Gasteiger partial charge in [0.2, 0.25) is 5.91 Å². The van der Waals surface area contributed by atoms with E-state index < -0.39 is 29.7 Å². The van der Waals surface area contributed by atoms with Crippen LogP contribution in [0.15, 0.2) is 0 Å². The van der Waals surface area contributed by atoms with Crippen molar-refractivity contribution in [3.8, 4) is 0 Å². The van der Waals surface area contributed by atoms with Gasteiger partial charge in [0.05, 0.1) is 18.9 Å². The second-order valence-electron chi connectivity index (χ2n) is 5.61. The van der Waals surface area contributed by atoms with Gasteiger partial charge in [0.25, 0.3) is 0 Å². The molecule has 4 atom stereocenters. The Labute approximate surface area is 114 Å². The number of rotatable bonds is 4. The highest BCUT2D eigenvalue weighted by Crippen LogP contribution is 2.31. The molecule has 1 aliphatic rings. The van der Waals surface area contributed by atoms with Crippen LogP contribution in [0.25, 0.3) is 0 Å². The number of nitrogens with zero attached hydrogens (tertiary/aromatic N) is 1. The zero-order chi connectivity index (χ0) is 15.0. The number of ether oxygens (including phenoxy) is 1. The number of amides is 1. The molecule has 1 aliphatic heterocycles. The van der Waals surface area contributed by atoms with Gasteiger partial charge in [-0.05, 0) is 19.8 Å². The molecule has 6 nitrogen and oxygen atoms in total. The normalized spacial score (nSPS) is 30.6. The molecule has 0 unspecified atom stereocenters. The van der Waals surface area contributed by atoms with Crippen LogP contribution in [-0.4, -0.2) is 53.8 Å². The first-order valence-electron chi connectivity index (χ1n) is 6.48. The van der Waals surface area contributed by atoms with Gasteiger partial charge in [-0.15, -0.1) is 0 Å². The monoisotopic (exact) mass is 272 g/mol. The number of carbonyl (C=O) groups excluding carboxylic acids is 2. The summed E-state index contributed by atoms with van der Waals surface area (Å²) < 4.78 is 4.69. The molecule has 6 heteroatoms. The van der Waals surface area contributed by atoms with Crippen LogP contribution < -0.4 is 5.32 Å². The lowest BCUT2D eigenvalue weighted by Gasteiger charge is -2.36. The Morgan fingerprint density at radius 1 is 1.47 bits per heavy atom. The molecule has 0 aromatic rings. The summed E-state index contributed by atoms with van der Waals surface area (Å²) in [6.45, 7) is 7.39. The van der Waals surface area contributed by atoms with E-state index >= 15 is 0 Å². The zero-order valence-corrected chi connectivity index (χ0v) is 12.4. The first-order valence-corrected chi connectivity index (χ1v) is 6.48. The quantitative estimate of drug-likeness (QED) is 0.702. The average molecular weight is 272 g/mol. The lowest BCUT2D eigenvalue weighted by atomic mass is 9.93. The molecule has 1 heterocycles. The number of esters is 1. The summed E-state index contributed by atoms with van der Waals surface area (Å²) in [5.74, 6) is -1.52. The van der Waals surface area contributed by atoms with Crippen molar-refractivity contribution in [2.75, 3.05) is 14.2 Å². The Morgan fingerprint density at radius 2 is 2.00 bits per heavy atom. The van der Waals surface area contributed by atoms with Gasteiger partial charge in [-0.1, -0.05) is 13.8 Å². The van der Waals surface area contributed by atoms with Gasteiger partial charge in [-0.2, -0.15) is 0 Å². The van der Waals surface area contributed by atoms with Crippen molar-refractivity contribution >= 4 is 11.9 Å². The van der Waals surface area contributed by atoms with Gasteiger partial charge >= 0.3 is 5.97 Å². The molecule has 0 aromatic carbocycles. The van der Waals surface area contributed by atoms with Crippen LogP contribution in [0, 0.1) is 11.8 Å². The molecule has 2 N–H and O–H groups in total. The third-order valence-corrected chi connectivity index (χ3v) is 4.22. The minimum atomic E-state index is -0.961. The lowest BCUT2D eigenvalue weighted by molar-refractivity contribution is -0.153. The predicted octanol–water partition coefficient (Wildman–Crippen LogP) is -0.0412. The molecule has 0 spiro atoms. The third kappa shape index (κ3) is 2.60. The highest BCUT2D eigenvalue weighted by atomic mass is 16.5.